The fraction of sp³-hybridized carbons (Fsp3) is 0.500. The van der Waals surface area contributed by atoms with Crippen molar-refractivity contribution in [2.45, 2.75) is 69.6 Å². The fourth-order valence-corrected chi connectivity index (χ4v) is 5.89. The second kappa shape index (κ2) is 10.6. The number of carbonyl (C=O) groups excluding carboxylic acids is 2. The molecule has 3 aliphatic heterocycles. The third-order valence-corrected chi connectivity index (χ3v) is 8.52. The summed E-state index contributed by atoms with van der Waals surface area (Å²) >= 11 is 0. The number of aliphatic imine (C=N–C) groups is 1. The topological polar surface area (TPSA) is 136 Å². The van der Waals surface area contributed by atoms with Crippen molar-refractivity contribution in [2.24, 2.45) is 10.7 Å². The third-order valence-electron chi connectivity index (χ3n) is 8.52. The molecule has 0 bridgehead atoms. The monoisotopic (exact) mass is 550 g/mol. The molecule has 40 heavy (non-hydrogen) atoms. The van der Waals surface area contributed by atoms with Gasteiger partial charge in [0.2, 0.25) is 5.91 Å². The lowest BCUT2D eigenvalue weighted by molar-refractivity contribution is -0.130. The highest BCUT2D eigenvalue weighted by Gasteiger charge is 2.43. The van der Waals surface area contributed by atoms with Gasteiger partial charge in [-0.1, -0.05) is 19.9 Å². The number of aliphatic hydroxyl groups is 1. The van der Waals surface area contributed by atoms with Crippen LogP contribution in [0.1, 0.15) is 79.9 Å². The Morgan fingerprint density at radius 3 is 2.70 bits per heavy atom. The van der Waals surface area contributed by atoms with Crippen LogP contribution in [-0.2, 0) is 4.79 Å². The van der Waals surface area contributed by atoms with Crippen molar-refractivity contribution in [3.63, 3.8) is 0 Å². The van der Waals surface area contributed by atoms with Crippen LogP contribution in [0.3, 0.4) is 0 Å². The van der Waals surface area contributed by atoms with E-state index < -0.39 is 17.2 Å². The predicted molar refractivity (Wildman–Crippen MR) is 150 cm³/mol. The molecule has 3 heterocycles. The number of nitrogens with one attached hydrogen (secondary N) is 1. The molecule has 0 aromatic heterocycles. The molecule has 2 amide bonds. The van der Waals surface area contributed by atoms with E-state index in [1.54, 1.807) is 48.2 Å². The van der Waals surface area contributed by atoms with Crippen LogP contribution < -0.4 is 25.3 Å². The molecule has 2 aromatic rings. The summed E-state index contributed by atoms with van der Waals surface area (Å²) in [6.45, 7) is 6.55. The van der Waals surface area contributed by atoms with Gasteiger partial charge in [0, 0.05) is 18.0 Å². The van der Waals surface area contributed by atoms with Gasteiger partial charge in [-0.2, -0.15) is 0 Å². The molecule has 4 N–H and O–H groups in total. The van der Waals surface area contributed by atoms with Gasteiger partial charge in [0.25, 0.3) is 5.91 Å². The molecule has 0 aliphatic carbocycles. The van der Waals surface area contributed by atoms with Crippen LogP contribution in [0, 0.1) is 0 Å². The van der Waals surface area contributed by atoms with Gasteiger partial charge >= 0.3 is 0 Å². The Hall–Kier alpha value is -3.79. The molecule has 0 spiro atoms. The molecule has 2 aromatic carbocycles. The molecular weight excluding hydrogens is 512 g/mol. The summed E-state index contributed by atoms with van der Waals surface area (Å²) in [5, 5.41) is 14.2. The molecule has 5 rings (SSSR count). The second-order valence-electron chi connectivity index (χ2n) is 11.1. The lowest BCUT2D eigenvalue weighted by Crippen LogP contribution is -2.52. The number of carbonyl (C=O) groups is 2. The average Bonchev–Trinajstić information content (AvgIpc) is 2.95. The van der Waals surface area contributed by atoms with E-state index in [0.29, 0.717) is 54.4 Å². The summed E-state index contributed by atoms with van der Waals surface area (Å²) in [6.07, 6.45) is 2.49. The van der Waals surface area contributed by atoms with Crippen molar-refractivity contribution in [3.05, 3.63) is 53.1 Å². The van der Waals surface area contributed by atoms with E-state index in [0.717, 1.165) is 18.4 Å². The van der Waals surface area contributed by atoms with Gasteiger partial charge in [0.15, 0.2) is 5.96 Å². The minimum absolute atomic E-state index is 0.0163. The van der Waals surface area contributed by atoms with Crippen LogP contribution in [0.4, 0.5) is 0 Å². The summed E-state index contributed by atoms with van der Waals surface area (Å²) in [6, 6.07) is 9.88. The molecule has 3 aliphatic rings. The lowest BCUT2D eigenvalue weighted by atomic mass is 9.86. The van der Waals surface area contributed by atoms with E-state index in [2.05, 4.69) is 5.32 Å². The third kappa shape index (κ3) is 4.96. The SMILES string of the molecule is CCC1(CC)CC(=O)N(C[C@@H]2CCOc3ccc(C(=O)NC4c5c(OC)cccc5OCC4(C)O)cc32)C(N)=N1. The lowest BCUT2D eigenvalue weighted by Gasteiger charge is -2.39. The standard InChI is InChI=1S/C30H38N4O6/c1-5-30(6-2)15-24(35)34(28(31)33-30)16-19-12-13-39-21-11-10-18(14-20(19)21)27(36)32-26-25-22(38-4)8-7-9-23(25)40-17-29(26,3)37/h7-11,14,19,26,37H,5-6,12-13,15-17H2,1-4H3,(H2,31,33)(H,32,36)/t19-,26?,29?/m0/s1. The molecule has 0 saturated heterocycles. The largest absolute Gasteiger partial charge is 0.496 e. The van der Waals surface area contributed by atoms with Gasteiger partial charge in [-0.15, -0.1) is 0 Å². The predicted octanol–water partition coefficient (Wildman–Crippen LogP) is 3.28. The number of rotatable bonds is 7. The number of methoxy groups -OCH3 is 1. The number of nitrogens with zero attached hydrogens (tertiary/aromatic N) is 2. The van der Waals surface area contributed by atoms with Crippen LogP contribution in [0.25, 0.3) is 0 Å². The zero-order valence-electron chi connectivity index (χ0n) is 23.5. The van der Waals surface area contributed by atoms with Crippen molar-refractivity contribution in [1.29, 1.82) is 0 Å². The first kappa shape index (κ1) is 27.8. The van der Waals surface area contributed by atoms with E-state index in [1.807, 2.05) is 13.8 Å². The Morgan fingerprint density at radius 1 is 1.23 bits per heavy atom. The number of hydrogen-bond acceptors (Lipinski definition) is 8. The van der Waals surface area contributed by atoms with Crippen LogP contribution in [0.2, 0.25) is 0 Å². The first-order valence-corrected chi connectivity index (χ1v) is 13.9. The summed E-state index contributed by atoms with van der Waals surface area (Å²) in [5.41, 5.74) is 6.34. The van der Waals surface area contributed by atoms with Gasteiger partial charge in [-0.3, -0.25) is 14.5 Å². The van der Waals surface area contributed by atoms with E-state index in [1.165, 1.54) is 7.11 Å². The zero-order valence-corrected chi connectivity index (χ0v) is 23.5. The van der Waals surface area contributed by atoms with Crippen LogP contribution in [-0.4, -0.2) is 65.8 Å². The highest BCUT2D eigenvalue weighted by atomic mass is 16.5. The summed E-state index contributed by atoms with van der Waals surface area (Å²) in [7, 11) is 1.54. The molecular formula is C30H38N4O6. The van der Waals surface area contributed by atoms with Gasteiger partial charge in [0.1, 0.15) is 29.5 Å². The maximum Gasteiger partial charge on any atom is 0.251 e. The van der Waals surface area contributed by atoms with Gasteiger partial charge in [0.05, 0.1) is 37.3 Å². The number of hydrogen-bond donors (Lipinski definition) is 3. The molecule has 10 nitrogen and oxygen atoms in total. The fourth-order valence-electron chi connectivity index (χ4n) is 5.89. The summed E-state index contributed by atoms with van der Waals surface area (Å²) in [4.78, 5) is 33.0. The Morgan fingerprint density at radius 2 is 2.00 bits per heavy atom. The summed E-state index contributed by atoms with van der Waals surface area (Å²) in [5.74, 6) is 1.51. The quantitative estimate of drug-likeness (QED) is 0.481. The number of amides is 2. The minimum atomic E-state index is -1.37. The maximum atomic E-state index is 13.6. The van der Waals surface area contributed by atoms with Crippen molar-refractivity contribution in [2.75, 3.05) is 26.9 Å². The van der Waals surface area contributed by atoms with Crippen LogP contribution in [0.5, 0.6) is 17.2 Å². The first-order chi connectivity index (χ1) is 19.1. The van der Waals surface area contributed by atoms with E-state index in [4.69, 9.17) is 24.9 Å². The average molecular weight is 551 g/mol. The highest BCUT2D eigenvalue weighted by molar-refractivity contribution is 5.99. The smallest absolute Gasteiger partial charge is 0.251 e. The first-order valence-electron chi connectivity index (χ1n) is 13.9. The molecule has 2 unspecified atom stereocenters. The van der Waals surface area contributed by atoms with Crippen molar-refractivity contribution < 1.29 is 28.9 Å². The molecule has 0 radical (unpaired) electrons. The normalized spacial score (nSPS) is 25.1. The molecule has 214 valence electrons. The van der Waals surface area contributed by atoms with Crippen LogP contribution >= 0.6 is 0 Å². The Labute approximate surface area is 234 Å². The minimum Gasteiger partial charge on any atom is -0.496 e. The Balaban J connectivity index is 1.41. The molecule has 3 atom stereocenters. The van der Waals surface area contributed by atoms with Crippen LogP contribution in [0.15, 0.2) is 41.4 Å². The number of fused-ring (bicyclic) bond motifs is 2. The van der Waals surface area contributed by atoms with Gasteiger partial charge in [-0.25, -0.2) is 4.99 Å². The number of benzene rings is 2. The number of guanidine groups is 1. The molecule has 0 fully saturated rings. The van der Waals surface area contributed by atoms with Crippen molar-refractivity contribution >= 4 is 17.8 Å². The van der Waals surface area contributed by atoms with E-state index in [-0.39, 0.29) is 30.3 Å². The van der Waals surface area contributed by atoms with Gasteiger partial charge in [-0.05, 0) is 62.1 Å². The van der Waals surface area contributed by atoms with E-state index >= 15 is 0 Å². The number of ether oxygens (including phenoxy) is 3. The molecule has 0 saturated carbocycles. The van der Waals surface area contributed by atoms with Crippen molar-refractivity contribution in [1.82, 2.24) is 10.2 Å². The second-order valence-corrected chi connectivity index (χ2v) is 11.1. The molecule has 10 heteroatoms. The Bertz CT molecular complexity index is 1320. The zero-order chi connectivity index (χ0) is 28.7. The maximum absolute atomic E-state index is 13.6. The summed E-state index contributed by atoms with van der Waals surface area (Å²) < 4.78 is 17.2. The van der Waals surface area contributed by atoms with Crippen molar-refractivity contribution in [3.8, 4) is 17.2 Å². The highest BCUT2D eigenvalue weighted by Crippen LogP contribution is 2.43. The number of nitrogens with two attached hydrogens (primary N) is 1. The van der Waals surface area contributed by atoms with Gasteiger partial charge < -0.3 is 30.4 Å². The Kier molecular flexibility index (Phi) is 7.39. The van der Waals surface area contributed by atoms with E-state index in [9.17, 15) is 14.7 Å².